The summed E-state index contributed by atoms with van der Waals surface area (Å²) in [7, 11) is 4.60. The summed E-state index contributed by atoms with van der Waals surface area (Å²) in [5, 5.41) is 0.171. The predicted octanol–water partition coefficient (Wildman–Crippen LogP) is 0.918. The van der Waals surface area contributed by atoms with Gasteiger partial charge in [0.15, 0.2) is 8.46 Å². The van der Waals surface area contributed by atoms with Crippen molar-refractivity contribution in [3.8, 4) is 0 Å². The highest BCUT2D eigenvalue weighted by Gasteiger charge is 1.68. The summed E-state index contributed by atoms with van der Waals surface area (Å²) in [6, 6.07) is 0. The highest BCUT2D eigenvalue weighted by atomic mass is 31.1. The van der Waals surface area contributed by atoms with Crippen molar-refractivity contribution in [3.05, 3.63) is 11.8 Å². The lowest BCUT2D eigenvalue weighted by Crippen LogP contribution is -1.52. The Balaban J connectivity index is 3.20. The summed E-state index contributed by atoms with van der Waals surface area (Å²) in [4.78, 5) is 0. The van der Waals surface area contributed by atoms with Gasteiger partial charge < -0.3 is 0 Å². The van der Waals surface area contributed by atoms with Crippen LogP contribution < -0.4 is 0 Å². The van der Waals surface area contributed by atoms with Gasteiger partial charge in [-0.15, -0.1) is 0 Å². The molecule has 24 valence electrons. The van der Waals surface area contributed by atoms with E-state index in [1.54, 1.807) is 0 Å². The van der Waals surface area contributed by atoms with E-state index in [1.165, 1.54) is 0 Å². The molecule has 5 heavy (non-hydrogen) atoms. The number of hydrogen-bond acceptors (Lipinski definition) is 1. The van der Waals surface area contributed by atoms with Crippen molar-refractivity contribution in [2.75, 3.05) is 0 Å². The standard InChI is InChI=1S/C2H2BOP/c1-2(3)5-4/h1H2. The lowest BCUT2D eigenvalue weighted by Gasteiger charge is -1.63. The van der Waals surface area contributed by atoms with E-state index in [2.05, 4.69) is 6.58 Å². The third-order valence-electron chi connectivity index (χ3n) is 0.117. The molecule has 0 saturated carbocycles. The molecule has 0 aromatic carbocycles. The van der Waals surface area contributed by atoms with Gasteiger partial charge in [0.1, 0.15) is 7.85 Å². The smallest absolute Gasteiger partial charge is 0.175 e. The molecule has 0 bridgehead atoms. The average molecular weight is 83.8 g/mol. The van der Waals surface area contributed by atoms with Crippen molar-refractivity contribution in [3.63, 3.8) is 0 Å². The molecule has 0 aliphatic carbocycles. The van der Waals surface area contributed by atoms with E-state index in [-0.39, 0.29) is 13.7 Å². The van der Waals surface area contributed by atoms with E-state index < -0.39 is 0 Å². The molecule has 0 heterocycles. The summed E-state index contributed by atoms with van der Waals surface area (Å²) >= 11 is 0. The van der Waals surface area contributed by atoms with E-state index in [0.717, 1.165) is 0 Å². The minimum atomic E-state index is -0.170. The maximum absolute atomic E-state index is 9.38. The topological polar surface area (TPSA) is 17.1 Å². The third-order valence-corrected chi connectivity index (χ3v) is 0.352. The first kappa shape index (κ1) is 4.90. The molecule has 0 spiro atoms. The fourth-order valence-electron chi connectivity index (χ4n) is 0. The molecule has 0 aliphatic heterocycles. The average Bonchev–Trinajstić information content (AvgIpc) is 1.38. The van der Waals surface area contributed by atoms with Gasteiger partial charge in [-0.05, 0) is 5.21 Å². The van der Waals surface area contributed by atoms with Crippen molar-refractivity contribution < 1.29 is 4.57 Å². The van der Waals surface area contributed by atoms with E-state index in [0.29, 0.717) is 0 Å². The van der Waals surface area contributed by atoms with Crippen LogP contribution in [0.1, 0.15) is 0 Å². The Bertz CT molecular complexity index is 60.7. The molecule has 1 nitrogen and oxygen atoms in total. The van der Waals surface area contributed by atoms with E-state index in [1.807, 2.05) is 0 Å². The molecular weight excluding hydrogens is 81.8 g/mol. The zero-order valence-corrected chi connectivity index (χ0v) is 3.53. The monoisotopic (exact) mass is 84.0 g/mol. The second-order valence-corrected chi connectivity index (χ2v) is 1.34. The first-order chi connectivity index (χ1) is 2.27. The van der Waals surface area contributed by atoms with Crippen LogP contribution in [-0.4, -0.2) is 7.85 Å². The van der Waals surface area contributed by atoms with Crippen LogP contribution in [0.4, 0.5) is 0 Å². The molecule has 2 radical (unpaired) electrons. The van der Waals surface area contributed by atoms with Gasteiger partial charge in [-0.3, -0.25) is 4.57 Å². The van der Waals surface area contributed by atoms with Crippen LogP contribution in [-0.2, 0) is 4.57 Å². The summed E-state index contributed by atoms with van der Waals surface area (Å²) in [6.07, 6.45) is 0. The van der Waals surface area contributed by atoms with Gasteiger partial charge in [0.05, 0.1) is 0 Å². The highest BCUT2D eigenvalue weighted by Crippen LogP contribution is 1.98. The summed E-state index contributed by atoms with van der Waals surface area (Å²) in [6.45, 7) is 3.13. The Morgan fingerprint density at radius 1 is 2.00 bits per heavy atom. The minimum absolute atomic E-state index is 0.170. The van der Waals surface area contributed by atoms with Gasteiger partial charge in [0.25, 0.3) is 0 Å². The zero-order valence-electron chi connectivity index (χ0n) is 2.64. The molecule has 0 aromatic heterocycles. The van der Waals surface area contributed by atoms with E-state index >= 15 is 0 Å². The molecular formula is C2H2BOP. The van der Waals surface area contributed by atoms with E-state index in [9.17, 15) is 4.57 Å². The van der Waals surface area contributed by atoms with Gasteiger partial charge >= 0.3 is 0 Å². The van der Waals surface area contributed by atoms with Crippen LogP contribution in [0.3, 0.4) is 0 Å². The molecule has 0 aromatic rings. The van der Waals surface area contributed by atoms with Crippen molar-refractivity contribution in [1.29, 1.82) is 0 Å². The van der Waals surface area contributed by atoms with E-state index in [4.69, 9.17) is 7.85 Å². The highest BCUT2D eigenvalue weighted by molar-refractivity contribution is 7.32. The van der Waals surface area contributed by atoms with Crippen LogP contribution in [0.2, 0.25) is 0 Å². The van der Waals surface area contributed by atoms with Crippen LogP contribution in [0, 0.1) is 0 Å². The molecule has 0 aliphatic rings. The fraction of sp³-hybridized carbons (Fsp3) is 0. The first-order valence-corrected chi connectivity index (χ1v) is 1.86. The maximum Gasteiger partial charge on any atom is 0.175 e. The van der Waals surface area contributed by atoms with Crippen molar-refractivity contribution >= 4 is 16.3 Å². The lowest BCUT2D eigenvalue weighted by molar-refractivity contribution is 0.602. The van der Waals surface area contributed by atoms with Gasteiger partial charge in [0.2, 0.25) is 0 Å². The summed E-state index contributed by atoms with van der Waals surface area (Å²) < 4.78 is 9.38. The van der Waals surface area contributed by atoms with Gasteiger partial charge in [-0.2, -0.15) is 0 Å². The van der Waals surface area contributed by atoms with Crippen LogP contribution >= 0.6 is 8.46 Å². The van der Waals surface area contributed by atoms with Crippen LogP contribution in [0.5, 0.6) is 0 Å². The molecule has 0 atom stereocenters. The Labute approximate surface area is 33.7 Å². The molecule has 0 fully saturated rings. The normalized spacial score (nSPS) is 8.00. The number of hydrogen-bond donors (Lipinski definition) is 0. The Morgan fingerprint density at radius 3 is 2.20 bits per heavy atom. The molecule has 0 saturated heterocycles. The van der Waals surface area contributed by atoms with Crippen molar-refractivity contribution in [2.24, 2.45) is 0 Å². The van der Waals surface area contributed by atoms with Crippen molar-refractivity contribution in [1.82, 2.24) is 0 Å². The maximum atomic E-state index is 9.38. The molecule has 0 rings (SSSR count). The third kappa shape index (κ3) is 3.90. The largest absolute Gasteiger partial charge is 0.271 e. The second kappa shape index (κ2) is 2.16. The molecule has 0 unspecified atom stereocenters. The zero-order chi connectivity index (χ0) is 4.28. The predicted molar refractivity (Wildman–Crippen MR) is 22.5 cm³/mol. The van der Waals surface area contributed by atoms with Gasteiger partial charge in [-0.1, -0.05) is 6.58 Å². The van der Waals surface area contributed by atoms with Crippen LogP contribution in [0.25, 0.3) is 0 Å². The molecule has 0 amide bonds. The summed E-state index contributed by atoms with van der Waals surface area (Å²) in [5.41, 5.74) is 0. The Kier molecular flexibility index (Phi) is 2.12. The van der Waals surface area contributed by atoms with Gasteiger partial charge in [-0.25, -0.2) is 0 Å². The first-order valence-electron chi connectivity index (χ1n) is 1.05. The minimum Gasteiger partial charge on any atom is -0.271 e. The Hall–Kier alpha value is -0.0951. The molecule has 3 heteroatoms. The van der Waals surface area contributed by atoms with Gasteiger partial charge in [0, 0.05) is 0 Å². The second-order valence-electron chi connectivity index (χ2n) is 0.583. The quantitative estimate of drug-likeness (QED) is 0.341. The molecule has 0 N–H and O–H groups in total. The summed E-state index contributed by atoms with van der Waals surface area (Å²) in [5.74, 6) is 0. The Morgan fingerprint density at radius 2 is 2.20 bits per heavy atom. The SMILES string of the molecule is [B]C(=C)P=O. The number of rotatable bonds is 1. The fourth-order valence-corrected chi connectivity index (χ4v) is 0. The van der Waals surface area contributed by atoms with Crippen LogP contribution in [0.15, 0.2) is 11.8 Å². The lowest BCUT2D eigenvalue weighted by atomic mass is 10.2. The van der Waals surface area contributed by atoms with Crippen molar-refractivity contribution in [2.45, 2.75) is 0 Å².